The highest BCUT2D eigenvalue weighted by Crippen LogP contribution is 2.38. The van der Waals surface area contributed by atoms with E-state index in [1.807, 2.05) is 34.6 Å². The van der Waals surface area contributed by atoms with Gasteiger partial charge >= 0.3 is 7.12 Å². The van der Waals surface area contributed by atoms with Gasteiger partial charge in [0.2, 0.25) is 10.0 Å². The first-order chi connectivity index (χ1) is 14.1. The molecule has 10 heteroatoms. The van der Waals surface area contributed by atoms with E-state index in [0.29, 0.717) is 16.9 Å². The molecular formula is C21H31BFN3O4S. The van der Waals surface area contributed by atoms with Crippen LogP contribution in [0.1, 0.15) is 46.0 Å². The fraction of sp³-hybridized carbons (Fsp3) is 0.571. The Morgan fingerprint density at radius 2 is 1.71 bits per heavy atom. The average molecular weight is 451 g/mol. The van der Waals surface area contributed by atoms with Crippen molar-refractivity contribution in [1.29, 1.82) is 0 Å². The van der Waals surface area contributed by atoms with Gasteiger partial charge in [0.15, 0.2) is 0 Å². The molecule has 1 aromatic heterocycles. The van der Waals surface area contributed by atoms with Gasteiger partial charge < -0.3 is 9.31 Å². The normalized spacial score (nSPS) is 17.9. The number of aromatic nitrogens is 2. The highest BCUT2D eigenvalue weighted by molar-refractivity contribution is 7.92. The van der Waals surface area contributed by atoms with E-state index in [1.54, 1.807) is 31.6 Å². The molecule has 0 saturated carbocycles. The minimum absolute atomic E-state index is 0.0764. The number of hydrogen-bond donors (Lipinski definition) is 0. The van der Waals surface area contributed by atoms with Crippen LogP contribution in [0.25, 0.3) is 11.1 Å². The van der Waals surface area contributed by atoms with E-state index in [2.05, 4.69) is 5.10 Å². The van der Waals surface area contributed by atoms with Gasteiger partial charge in [0.25, 0.3) is 0 Å². The van der Waals surface area contributed by atoms with Crippen molar-refractivity contribution >= 4 is 28.3 Å². The van der Waals surface area contributed by atoms with E-state index in [0.717, 1.165) is 5.69 Å². The molecule has 1 aliphatic heterocycles. The standard InChI is InChI=1S/C21H31BFN3O4S/c1-10-31(27,28)26(9)15-11-16(18-13(2)24-25(8)14(18)3)19(23)17(12-15)22-29-20(4,5)21(6,7)30-22/h11-12H,10H2,1-9H3. The Morgan fingerprint density at radius 1 is 1.16 bits per heavy atom. The summed E-state index contributed by atoms with van der Waals surface area (Å²) in [6.07, 6.45) is 0. The Labute approximate surface area is 184 Å². The van der Waals surface area contributed by atoms with Crippen molar-refractivity contribution < 1.29 is 22.1 Å². The minimum atomic E-state index is -3.56. The van der Waals surface area contributed by atoms with Crippen LogP contribution in [0.3, 0.4) is 0 Å². The Hall–Kier alpha value is -1.91. The Bertz CT molecular complexity index is 1110. The second kappa shape index (κ2) is 7.60. The van der Waals surface area contributed by atoms with Crippen molar-refractivity contribution in [3.63, 3.8) is 0 Å². The molecule has 0 amide bonds. The summed E-state index contributed by atoms with van der Waals surface area (Å²) in [5.41, 5.74) is 1.48. The monoisotopic (exact) mass is 451 g/mol. The fourth-order valence-electron chi connectivity index (χ4n) is 3.65. The lowest BCUT2D eigenvalue weighted by atomic mass is 9.76. The van der Waals surface area contributed by atoms with E-state index in [-0.39, 0.29) is 16.8 Å². The van der Waals surface area contributed by atoms with Gasteiger partial charge in [-0.1, -0.05) is 0 Å². The van der Waals surface area contributed by atoms with Crippen molar-refractivity contribution in [3.05, 3.63) is 29.3 Å². The van der Waals surface area contributed by atoms with Crippen LogP contribution >= 0.6 is 0 Å². The van der Waals surface area contributed by atoms with E-state index >= 15 is 4.39 Å². The Balaban J connectivity index is 2.28. The quantitative estimate of drug-likeness (QED) is 0.654. The first-order valence-electron chi connectivity index (χ1n) is 10.3. The van der Waals surface area contributed by atoms with Gasteiger partial charge in [-0.15, -0.1) is 0 Å². The highest BCUT2D eigenvalue weighted by atomic mass is 32.2. The van der Waals surface area contributed by atoms with Crippen molar-refractivity contribution in [3.8, 4) is 11.1 Å². The summed E-state index contributed by atoms with van der Waals surface area (Å²) in [6, 6.07) is 3.05. The molecule has 3 rings (SSSR count). The number of benzene rings is 1. The number of nitrogens with zero attached hydrogens (tertiary/aromatic N) is 3. The van der Waals surface area contributed by atoms with E-state index in [4.69, 9.17) is 9.31 Å². The summed E-state index contributed by atoms with van der Waals surface area (Å²) in [7, 11) is -1.28. The summed E-state index contributed by atoms with van der Waals surface area (Å²) in [4.78, 5) is 0. The SMILES string of the molecule is CCS(=O)(=O)N(C)c1cc(B2OC(C)(C)C(C)(C)O2)c(F)c(-c2c(C)nn(C)c2C)c1. The summed E-state index contributed by atoms with van der Waals surface area (Å²) in [5, 5.41) is 4.40. The molecule has 1 saturated heterocycles. The zero-order chi connectivity index (χ0) is 23.5. The maximum Gasteiger partial charge on any atom is 0.497 e. The van der Waals surface area contributed by atoms with Crippen LogP contribution in [-0.2, 0) is 26.4 Å². The van der Waals surface area contributed by atoms with Gasteiger partial charge in [-0.2, -0.15) is 5.10 Å². The van der Waals surface area contributed by atoms with E-state index in [9.17, 15) is 8.42 Å². The summed E-state index contributed by atoms with van der Waals surface area (Å²) >= 11 is 0. The number of anilines is 1. The summed E-state index contributed by atoms with van der Waals surface area (Å²) < 4.78 is 56.1. The molecule has 170 valence electrons. The van der Waals surface area contributed by atoms with E-state index in [1.165, 1.54) is 17.4 Å². The van der Waals surface area contributed by atoms with Crippen LogP contribution in [0.5, 0.6) is 0 Å². The van der Waals surface area contributed by atoms with Gasteiger partial charge in [-0.05, 0) is 60.6 Å². The lowest BCUT2D eigenvalue weighted by Crippen LogP contribution is -2.41. The molecule has 7 nitrogen and oxygen atoms in total. The molecular weight excluding hydrogens is 420 g/mol. The lowest BCUT2D eigenvalue weighted by molar-refractivity contribution is 0.00578. The van der Waals surface area contributed by atoms with Crippen molar-refractivity contribution in [2.45, 2.75) is 59.7 Å². The first kappa shape index (κ1) is 23.8. The third-order valence-electron chi connectivity index (χ3n) is 6.52. The highest BCUT2D eigenvalue weighted by Gasteiger charge is 2.52. The Kier molecular flexibility index (Phi) is 5.82. The third-order valence-corrected chi connectivity index (χ3v) is 8.29. The largest absolute Gasteiger partial charge is 0.497 e. The predicted molar refractivity (Wildman–Crippen MR) is 122 cm³/mol. The molecule has 0 N–H and O–H groups in total. The zero-order valence-electron chi connectivity index (χ0n) is 19.7. The fourth-order valence-corrected chi connectivity index (χ4v) is 4.47. The molecule has 0 radical (unpaired) electrons. The van der Waals surface area contributed by atoms with Crippen molar-refractivity contribution in [2.75, 3.05) is 17.1 Å². The molecule has 0 bridgehead atoms. The lowest BCUT2D eigenvalue weighted by Gasteiger charge is -2.32. The minimum Gasteiger partial charge on any atom is -0.399 e. The number of halogens is 1. The smallest absolute Gasteiger partial charge is 0.399 e. The molecule has 0 unspecified atom stereocenters. The predicted octanol–water partition coefficient (Wildman–Crippen LogP) is 2.93. The molecule has 0 aliphatic carbocycles. The van der Waals surface area contributed by atoms with Gasteiger partial charge in [-0.3, -0.25) is 8.99 Å². The second-order valence-electron chi connectivity index (χ2n) is 9.02. The molecule has 0 atom stereocenters. The molecule has 31 heavy (non-hydrogen) atoms. The number of aryl methyl sites for hydroxylation is 2. The molecule has 2 aromatic rings. The van der Waals surface area contributed by atoms with Crippen LogP contribution < -0.4 is 9.77 Å². The van der Waals surface area contributed by atoms with Crippen molar-refractivity contribution in [1.82, 2.24) is 9.78 Å². The van der Waals surface area contributed by atoms with Gasteiger partial charge in [0, 0.05) is 36.4 Å². The summed E-state index contributed by atoms with van der Waals surface area (Å²) in [6.45, 7) is 12.8. The number of rotatable bonds is 5. The van der Waals surface area contributed by atoms with Gasteiger partial charge in [0.05, 0.1) is 28.3 Å². The molecule has 0 spiro atoms. The van der Waals surface area contributed by atoms with Crippen LogP contribution in [0.15, 0.2) is 12.1 Å². The molecule has 1 aliphatic rings. The topological polar surface area (TPSA) is 73.7 Å². The first-order valence-corrected chi connectivity index (χ1v) is 11.9. The maximum absolute atomic E-state index is 15.9. The number of sulfonamides is 1. The third kappa shape index (κ3) is 3.89. The molecule has 1 aromatic carbocycles. The van der Waals surface area contributed by atoms with Gasteiger partial charge in [0.1, 0.15) is 5.82 Å². The maximum atomic E-state index is 15.9. The summed E-state index contributed by atoms with van der Waals surface area (Å²) in [5.74, 6) is -0.587. The second-order valence-corrected chi connectivity index (χ2v) is 11.3. The van der Waals surface area contributed by atoms with Crippen LogP contribution in [0.2, 0.25) is 0 Å². The van der Waals surface area contributed by atoms with Gasteiger partial charge in [-0.25, -0.2) is 12.8 Å². The average Bonchev–Trinajstić information content (AvgIpc) is 3.04. The number of hydrogen-bond acceptors (Lipinski definition) is 5. The molecule has 1 fully saturated rings. The van der Waals surface area contributed by atoms with Crippen LogP contribution in [0.4, 0.5) is 10.1 Å². The van der Waals surface area contributed by atoms with Crippen LogP contribution in [-0.4, -0.2) is 49.3 Å². The Morgan fingerprint density at radius 3 is 2.16 bits per heavy atom. The van der Waals surface area contributed by atoms with E-state index < -0.39 is 34.2 Å². The van der Waals surface area contributed by atoms with Crippen molar-refractivity contribution in [2.24, 2.45) is 7.05 Å². The molecule has 2 heterocycles. The van der Waals surface area contributed by atoms with Crippen LogP contribution in [0, 0.1) is 19.7 Å². The zero-order valence-corrected chi connectivity index (χ0v) is 20.5.